The fraction of sp³-hybridized carbons (Fsp3) is 0.500. The Morgan fingerprint density at radius 2 is 1.84 bits per heavy atom. The van der Waals surface area contributed by atoms with E-state index >= 15 is 0 Å². The summed E-state index contributed by atoms with van der Waals surface area (Å²) >= 11 is 0. The molecule has 0 aromatic heterocycles. The van der Waals surface area contributed by atoms with E-state index in [1.54, 1.807) is 0 Å². The number of carbonyl (C=O) groups excluding carboxylic acids is 1. The van der Waals surface area contributed by atoms with Crippen LogP contribution in [-0.4, -0.2) is 46.3 Å². The second-order valence-corrected chi connectivity index (χ2v) is 9.32. The summed E-state index contributed by atoms with van der Waals surface area (Å²) in [5.41, 5.74) is 4.49. The van der Waals surface area contributed by atoms with Crippen molar-refractivity contribution in [2.24, 2.45) is 0 Å². The van der Waals surface area contributed by atoms with E-state index in [1.807, 2.05) is 37.3 Å². The van der Waals surface area contributed by atoms with Crippen LogP contribution in [0.15, 0.2) is 36.4 Å². The molecule has 2 heterocycles. The summed E-state index contributed by atoms with van der Waals surface area (Å²) in [5, 5.41) is 24.3. The van der Waals surface area contributed by atoms with E-state index in [4.69, 9.17) is 4.74 Å². The van der Waals surface area contributed by atoms with Crippen molar-refractivity contribution in [2.45, 2.75) is 64.3 Å². The first-order valence-electron chi connectivity index (χ1n) is 11.6. The van der Waals surface area contributed by atoms with Crippen LogP contribution < -0.4 is 10.1 Å². The van der Waals surface area contributed by atoms with Crippen molar-refractivity contribution in [1.29, 1.82) is 0 Å². The Kier molecular flexibility index (Phi) is 6.56. The van der Waals surface area contributed by atoms with Crippen molar-refractivity contribution in [2.75, 3.05) is 25.0 Å². The number of benzene rings is 2. The number of fused-ring (bicyclic) bond motifs is 1. The third kappa shape index (κ3) is 4.82. The number of β-amino-alcohol motifs (C(OH)–C–C–N with tert-alkyl or cyclic N) is 1. The Morgan fingerprint density at radius 1 is 1.19 bits per heavy atom. The summed E-state index contributed by atoms with van der Waals surface area (Å²) in [6.07, 6.45) is 1.61. The van der Waals surface area contributed by atoms with Crippen LogP contribution in [0.5, 0.6) is 5.75 Å². The number of aliphatic hydroxyl groups is 2. The molecule has 172 valence electrons. The van der Waals surface area contributed by atoms with Crippen LogP contribution >= 0.6 is 0 Å². The van der Waals surface area contributed by atoms with Crippen LogP contribution in [0.3, 0.4) is 0 Å². The first-order chi connectivity index (χ1) is 15.3. The molecule has 2 aliphatic heterocycles. The van der Waals surface area contributed by atoms with Gasteiger partial charge < -0.3 is 25.2 Å². The summed E-state index contributed by atoms with van der Waals surface area (Å²) in [5.74, 6) is 0.791. The highest BCUT2D eigenvalue weighted by molar-refractivity contribution is 5.90. The largest absolute Gasteiger partial charge is 0.487 e. The van der Waals surface area contributed by atoms with Gasteiger partial charge in [-0.15, -0.1) is 0 Å². The molecule has 2 aromatic rings. The van der Waals surface area contributed by atoms with Crippen molar-refractivity contribution in [3.63, 3.8) is 0 Å². The first kappa shape index (κ1) is 22.8. The first-order valence-corrected chi connectivity index (χ1v) is 11.6. The zero-order chi connectivity index (χ0) is 22.9. The lowest BCUT2D eigenvalue weighted by atomic mass is 9.81. The van der Waals surface area contributed by atoms with Crippen LogP contribution in [-0.2, 0) is 4.79 Å². The molecule has 0 saturated carbocycles. The molecule has 6 nitrogen and oxygen atoms in total. The highest BCUT2D eigenvalue weighted by Crippen LogP contribution is 2.45. The maximum atomic E-state index is 11.5. The van der Waals surface area contributed by atoms with Gasteiger partial charge >= 0.3 is 0 Å². The number of likely N-dealkylation sites (tertiary alicyclic amines) is 1. The van der Waals surface area contributed by atoms with E-state index < -0.39 is 12.2 Å². The molecule has 1 spiro atoms. The van der Waals surface area contributed by atoms with E-state index in [1.165, 1.54) is 11.1 Å². The lowest BCUT2D eigenvalue weighted by Crippen LogP contribution is -2.51. The molecule has 0 aliphatic carbocycles. The van der Waals surface area contributed by atoms with E-state index in [0.717, 1.165) is 48.5 Å². The predicted octanol–water partition coefficient (Wildman–Crippen LogP) is 4.04. The number of hydrogen-bond donors (Lipinski definition) is 3. The van der Waals surface area contributed by atoms with Crippen LogP contribution in [0.2, 0.25) is 0 Å². The number of ether oxygens (including phenoxy) is 1. The summed E-state index contributed by atoms with van der Waals surface area (Å²) in [7, 11) is 0. The molecular weight excluding hydrogens is 404 g/mol. The normalized spacial score (nSPS) is 21.0. The molecule has 0 unspecified atom stereocenters. The SMILES string of the molecule is CCC(=O)Nc1ccc([C@H](O)CN2CCC3(CC2)C[C@@H](O)c2cc(C)c(C)cc2O3)cc1. The minimum absolute atomic E-state index is 0.0245. The molecule has 0 radical (unpaired) electrons. The number of anilines is 1. The topological polar surface area (TPSA) is 82.0 Å². The number of hydrogen-bond acceptors (Lipinski definition) is 5. The van der Waals surface area contributed by atoms with Crippen LogP contribution in [0.4, 0.5) is 5.69 Å². The van der Waals surface area contributed by atoms with Crippen molar-refractivity contribution in [3.05, 3.63) is 58.7 Å². The number of nitrogens with zero attached hydrogens (tertiary/aromatic N) is 1. The predicted molar refractivity (Wildman–Crippen MR) is 125 cm³/mol. The van der Waals surface area contributed by atoms with Crippen LogP contribution in [0, 0.1) is 13.8 Å². The molecule has 2 aliphatic rings. The number of carbonyl (C=O) groups is 1. The van der Waals surface area contributed by atoms with Crippen molar-refractivity contribution < 1.29 is 19.7 Å². The minimum Gasteiger partial charge on any atom is -0.487 e. The molecule has 3 N–H and O–H groups in total. The van der Waals surface area contributed by atoms with Crippen LogP contribution in [0.25, 0.3) is 0 Å². The van der Waals surface area contributed by atoms with Crippen molar-refractivity contribution in [3.8, 4) is 5.75 Å². The number of aliphatic hydroxyl groups excluding tert-OH is 2. The number of aryl methyl sites for hydroxylation is 2. The molecule has 6 heteroatoms. The maximum Gasteiger partial charge on any atom is 0.224 e. The van der Waals surface area contributed by atoms with Crippen molar-refractivity contribution >= 4 is 11.6 Å². The van der Waals surface area contributed by atoms with E-state index in [9.17, 15) is 15.0 Å². The third-order valence-corrected chi connectivity index (χ3v) is 6.98. The maximum absolute atomic E-state index is 11.5. The number of amides is 1. The molecule has 4 rings (SSSR count). The molecule has 1 amide bonds. The van der Waals surface area contributed by atoms with Gasteiger partial charge in [0.2, 0.25) is 5.91 Å². The molecule has 2 aromatic carbocycles. The quantitative estimate of drug-likeness (QED) is 0.657. The van der Waals surface area contributed by atoms with Crippen LogP contribution in [0.1, 0.15) is 67.1 Å². The Bertz CT molecular complexity index is 965. The molecule has 2 atom stereocenters. The molecule has 32 heavy (non-hydrogen) atoms. The zero-order valence-corrected chi connectivity index (χ0v) is 19.2. The van der Waals surface area contributed by atoms with Gasteiger partial charge in [-0.2, -0.15) is 0 Å². The second-order valence-electron chi connectivity index (χ2n) is 9.32. The fourth-order valence-corrected chi connectivity index (χ4v) is 4.74. The highest BCUT2D eigenvalue weighted by Gasteiger charge is 2.43. The molecule has 1 fully saturated rings. The summed E-state index contributed by atoms with van der Waals surface area (Å²) in [4.78, 5) is 13.8. The Labute approximate surface area is 190 Å². The van der Waals surface area contributed by atoms with Gasteiger partial charge in [-0.05, 0) is 67.6 Å². The monoisotopic (exact) mass is 438 g/mol. The van der Waals surface area contributed by atoms with Gasteiger partial charge in [0.1, 0.15) is 11.4 Å². The van der Waals surface area contributed by atoms with E-state index in [2.05, 4.69) is 30.1 Å². The zero-order valence-electron chi connectivity index (χ0n) is 19.2. The summed E-state index contributed by atoms with van der Waals surface area (Å²) in [6.45, 7) is 8.12. The molecule has 1 saturated heterocycles. The lowest BCUT2D eigenvalue weighted by molar-refractivity contribution is -0.115. The van der Waals surface area contributed by atoms with E-state index in [-0.39, 0.29) is 11.5 Å². The third-order valence-electron chi connectivity index (χ3n) is 6.98. The minimum atomic E-state index is -0.593. The Balaban J connectivity index is 1.34. The number of nitrogens with one attached hydrogen (secondary N) is 1. The van der Waals surface area contributed by atoms with Gasteiger partial charge in [0, 0.05) is 43.7 Å². The summed E-state index contributed by atoms with van der Waals surface area (Å²) < 4.78 is 6.47. The average molecular weight is 439 g/mol. The number of piperidine rings is 1. The Hall–Kier alpha value is -2.41. The molecular formula is C26H34N2O4. The second kappa shape index (κ2) is 9.22. The lowest BCUT2D eigenvalue weighted by Gasteiger charge is -2.46. The van der Waals surface area contributed by atoms with Crippen molar-refractivity contribution in [1.82, 2.24) is 4.90 Å². The number of rotatable bonds is 5. The van der Waals surface area contributed by atoms with Gasteiger partial charge in [-0.25, -0.2) is 0 Å². The van der Waals surface area contributed by atoms with E-state index in [0.29, 0.717) is 19.4 Å². The van der Waals surface area contributed by atoms with Gasteiger partial charge in [-0.1, -0.05) is 19.1 Å². The van der Waals surface area contributed by atoms with Gasteiger partial charge in [0.05, 0.1) is 12.2 Å². The summed E-state index contributed by atoms with van der Waals surface area (Å²) in [6, 6.07) is 11.5. The molecule has 0 bridgehead atoms. The average Bonchev–Trinajstić information content (AvgIpc) is 2.77. The van der Waals surface area contributed by atoms with Gasteiger partial charge in [0.15, 0.2) is 0 Å². The van der Waals surface area contributed by atoms with Gasteiger partial charge in [0.25, 0.3) is 0 Å². The fourth-order valence-electron chi connectivity index (χ4n) is 4.74. The smallest absolute Gasteiger partial charge is 0.224 e. The standard InChI is InChI=1S/C26H34N2O4/c1-4-25(31)27-20-7-5-19(6-8-20)23(30)16-28-11-9-26(10-12-28)15-22(29)21-13-17(2)18(3)14-24(21)32-26/h5-8,13-14,22-23,29-30H,4,9-12,15-16H2,1-3H3,(H,27,31)/t22-,23-/m1/s1. The highest BCUT2D eigenvalue weighted by atomic mass is 16.5. The van der Waals surface area contributed by atoms with Gasteiger partial charge in [-0.3, -0.25) is 4.79 Å². The Morgan fingerprint density at radius 3 is 2.50 bits per heavy atom.